The second-order valence-electron chi connectivity index (χ2n) is 9.51. The summed E-state index contributed by atoms with van der Waals surface area (Å²) in [6.45, 7) is 6.29. The lowest BCUT2D eigenvalue weighted by molar-refractivity contribution is 0.0635. The van der Waals surface area contributed by atoms with Crippen LogP contribution in [0.3, 0.4) is 0 Å². The molecule has 3 aromatic rings. The number of amides is 1. The molecule has 4 rings (SSSR count). The van der Waals surface area contributed by atoms with Crippen LogP contribution in [-0.4, -0.2) is 65.8 Å². The number of carbonyl (C=O) groups is 1. The molecule has 0 unspecified atom stereocenters. The Morgan fingerprint density at radius 2 is 2.06 bits per heavy atom. The zero-order chi connectivity index (χ0) is 25.3. The van der Waals surface area contributed by atoms with Gasteiger partial charge in [0, 0.05) is 18.2 Å². The van der Waals surface area contributed by atoms with Gasteiger partial charge in [0.1, 0.15) is 35.2 Å². The molecule has 1 saturated heterocycles. The molecule has 188 valence electrons. The number of benzene rings is 1. The van der Waals surface area contributed by atoms with Gasteiger partial charge in [-0.1, -0.05) is 6.07 Å². The number of rotatable bonds is 5. The van der Waals surface area contributed by atoms with Crippen molar-refractivity contribution in [2.45, 2.75) is 45.0 Å². The highest BCUT2D eigenvalue weighted by Gasteiger charge is 2.30. The number of ether oxygens (including phenoxy) is 2. The summed E-state index contributed by atoms with van der Waals surface area (Å²) in [5, 5.41) is 10.2. The van der Waals surface area contributed by atoms with Crippen LogP contribution in [0.1, 0.15) is 27.2 Å². The fourth-order valence-electron chi connectivity index (χ4n) is 4.31. The van der Waals surface area contributed by atoms with Crippen molar-refractivity contribution in [2.24, 2.45) is 0 Å². The highest BCUT2D eigenvalue weighted by molar-refractivity contribution is 5.93. The zero-order valence-corrected chi connectivity index (χ0v) is 20.6. The summed E-state index contributed by atoms with van der Waals surface area (Å²) in [5.74, 6) is 1.48. The van der Waals surface area contributed by atoms with Gasteiger partial charge in [-0.15, -0.1) is 0 Å². The van der Waals surface area contributed by atoms with E-state index in [-0.39, 0.29) is 12.6 Å². The Balaban J connectivity index is 1.71. The van der Waals surface area contributed by atoms with Crippen LogP contribution >= 0.6 is 0 Å². The van der Waals surface area contributed by atoms with Crippen molar-refractivity contribution < 1.29 is 18.7 Å². The number of halogens is 1. The smallest absolute Gasteiger partial charge is 0.412 e. The maximum Gasteiger partial charge on any atom is 0.412 e. The maximum atomic E-state index is 14.7. The molecule has 10 nitrogen and oxygen atoms in total. The minimum Gasteiger partial charge on any atom is -0.495 e. The molecule has 2 aromatic heterocycles. The largest absolute Gasteiger partial charge is 0.495 e. The number of hydrogen-bond donors (Lipinski definition) is 3. The van der Waals surface area contributed by atoms with E-state index in [1.165, 1.54) is 13.4 Å². The fourth-order valence-corrected chi connectivity index (χ4v) is 4.31. The Kier molecular flexibility index (Phi) is 6.70. The molecule has 1 fully saturated rings. The van der Waals surface area contributed by atoms with Crippen molar-refractivity contribution in [3.63, 3.8) is 0 Å². The molecule has 0 aliphatic carbocycles. The summed E-state index contributed by atoms with van der Waals surface area (Å²) >= 11 is 0. The first-order valence-electron chi connectivity index (χ1n) is 11.5. The normalized spacial score (nSPS) is 18.5. The number of carbonyl (C=O) groups excluding carboxylic acids is 1. The van der Waals surface area contributed by atoms with Gasteiger partial charge < -0.3 is 25.4 Å². The van der Waals surface area contributed by atoms with Gasteiger partial charge in [0.05, 0.1) is 19.3 Å². The molecular weight excluding hydrogens is 453 g/mol. The first-order chi connectivity index (χ1) is 16.6. The van der Waals surface area contributed by atoms with Gasteiger partial charge in [-0.25, -0.2) is 18.7 Å². The Hall–Kier alpha value is -3.60. The van der Waals surface area contributed by atoms with Crippen molar-refractivity contribution in [3.05, 3.63) is 30.6 Å². The number of methoxy groups -OCH3 is 1. The number of anilines is 3. The second kappa shape index (κ2) is 9.57. The number of aromatic nitrogens is 3. The van der Waals surface area contributed by atoms with Gasteiger partial charge in [0.2, 0.25) is 0 Å². The quantitative estimate of drug-likeness (QED) is 0.503. The molecule has 1 amide bonds. The highest BCUT2D eigenvalue weighted by atomic mass is 19.1. The Morgan fingerprint density at radius 3 is 2.71 bits per heavy atom. The van der Waals surface area contributed by atoms with Crippen molar-refractivity contribution in [1.29, 1.82) is 0 Å². The standard InChI is InChI=1S/C24H32FN7O3/c1-24(2,3)35-23(33)30-18-7-6-14(10-19(18)34-5)15-11-20(32-21(15)22(26)28-13-29-32)31-9-8-17(27-4)16(25)12-31/h6-7,10-11,13,16-17,27H,8-9,12H2,1-5H3,(H,30,33)(H2,26,28,29)/t16-,17+/m0/s1. The van der Waals surface area contributed by atoms with E-state index in [0.29, 0.717) is 35.7 Å². The SMILES string of the molecule is CN[C@@H]1CCN(c2cc(-c3ccc(NC(=O)OC(C)(C)C)c(OC)c3)c3c(N)ncnn23)C[C@@H]1F. The van der Waals surface area contributed by atoms with Crippen LogP contribution in [0.4, 0.5) is 26.5 Å². The number of nitrogens with two attached hydrogens (primary N) is 1. The summed E-state index contributed by atoms with van der Waals surface area (Å²) in [7, 11) is 3.30. The highest BCUT2D eigenvalue weighted by Crippen LogP contribution is 2.38. The van der Waals surface area contributed by atoms with Crippen LogP contribution in [-0.2, 0) is 4.74 Å². The molecule has 1 aromatic carbocycles. The van der Waals surface area contributed by atoms with Gasteiger partial charge >= 0.3 is 6.09 Å². The van der Waals surface area contributed by atoms with Crippen molar-refractivity contribution in [3.8, 4) is 16.9 Å². The van der Waals surface area contributed by atoms with E-state index in [9.17, 15) is 9.18 Å². The van der Waals surface area contributed by atoms with E-state index in [2.05, 4.69) is 20.7 Å². The van der Waals surface area contributed by atoms with Gasteiger partial charge in [0.15, 0.2) is 5.82 Å². The lowest BCUT2D eigenvalue weighted by Crippen LogP contribution is -2.50. The van der Waals surface area contributed by atoms with Crippen LogP contribution in [0.5, 0.6) is 5.75 Å². The number of alkyl halides is 1. The molecule has 4 N–H and O–H groups in total. The third-order valence-electron chi connectivity index (χ3n) is 5.95. The number of nitrogens with zero attached hydrogens (tertiary/aromatic N) is 4. The van der Waals surface area contributed by atoms with Crippen molar-refractivity contribution >= 4 is 28.9 Å². The van der Waals surface area contributed by atoms with Crippen LogP contribution in [0, 0.1) is 0 Å². The monoisotopic (exact) mass is 485 g/mol. The van der Waals surface area contributed by atoms with Gasteiger partial charge in [0.25, 0.3) is 0 Å². The summed E-state index contributed by atoms with van der Waals surface area (Å²) in [4.78, 5) is 18.4. The molecule has 11 heteroatoms. The molecular formula is C24H32FN7O3. The molecule has 0 spiro atoms. The van der Waals surface area contributed by atoms with Gasteiger partial charge in [-0.2, -0.15) is 5.10 Å². The topological polar surface area (TPSA) is 119 Å². The van der Waals surface area contributed by atoms with Crippen LogP contribution in [0.25, 0.3) is 16.6 Å². The van der Waals surface area contributed by atoms with E-state index >= 15 is 0 Å². The van der Waals surface area contributed by atoms with Crippen LogP contribution < -0.4 is 26.0 Å². The third-order valence-corrected chi connectivity index (χ3v) is 5.95. The predicted octanol–water partition coefficient (Wildman–Crippen LogP) is 3.47. The zero-order valence-electron chi connectivity index (χ0n) is 20.6. The van der Waals surface area contributed by atoms with Crippen LogP contribution in [0.2, 0.25) is 0 Å². The molecule has 35 heavy (non-hydrogen) atoms. The van der Waals surface area contributed by atoms with Crippen LogP contribution in [0.15, 0.2) is 30.6 Å². The number of nitrogen functional groups attached to an aromatic ring is 1. The molecule has 0 radical (unpaired) electrons. The Morgan fingerprint density at radius 1 is 1.29 bits per heavy atom. The van der Waals surface area contributed by atoms with E-state index in [1.807, 2.05) is 17.0 Å². The third kappa shape index (κ3) is 5.09. The lowest BCUT2D eigenvalue weighted by Gasteiger charge is -2.35. The summed E-state index contributed by atoms with van der Waals surface area (Å²) in [5.41, 5.74) is 8.26. The second-order valence-corrected chi connectivity index (χ2v) is 9.51. The minimum atomic E-state index is -1.01. The Labute approximate surface area is 203 Å². The van der Waals surface area contributed by atoms with E-state index in [4.69, 9.17) is 15.2 Å². The van der Waals surface area contributed by atoms with Gasteiger partial charge in [-0.05, 0) is 58.0 Å². The first kappa shape index (κ1) is 24.5. The number of nitrogens with one attached hydrogen (secondary N) is 2. The molecule has 0 saturated carbocycles. The minimum absolute atomic E-state index is 0.175. The first-order valence-corrected chi connectivity index (χ1v) is 11.5. The molecule has 1 aliphatic rings. The summed E-state index contributed by atoms with van der Waals surface area (Å²) in [6.07, 6.45) is 0.459. The molecule has 1 aliphatic heterocycles. The average Bonchev–Trinajstić information content (AvgIpc) is 3.19. The van der Waals surface area contributed by atoms with Gasteiger partial charge in [-0.3, -0.25) is 5.32 Å². The molecule has 2 atom stereocenters. The number of hydrogen-bond acceptors (Lipinski definition) is 8. The van der Waals surface area contributed by atoms with E-state index in [1.54, 1.807) is 44.5 Å². The van der Waals surface area contributed by atoms with Crippen molar-refractivity contribution in [1.82, 2.24) is 19.9 Å². The predicted molar refractivity (Wildman–Crippen MR) is 134 cm³/mol. The summed E-state index contributed by atoms with van der Waals surface area (Å²) in [6, 6.07) is 7.13. The maximum absolute atomic E-state index is 14.7. The van der Waals surface area contributed by atoms with E-state index in [0.717, 1.165) is 16.9 Å². The number of piperidine rings is 1. The van der Waals surface area contributed by atoms with Crippen molar-refractivity contribution in [2.75, 3.05) is 43.2 Å². The fraction of sp³-hybridized carbons (Fsp3) is 0.458. The lowest BCUT2D eigenvalue weighted by atomic mass is 10.0. The molecule has 0 bridgehead atoms. The Bertz CT molecular complexity index is 1220. The summed E-state index contributed by atoms with van der Waals surface area (Å²) < 4.78 is 27.3. The van der Waals surface area contributed by atoms with E-state index < -0.39 is 17.9 Å². The molecule has 3 heterocycles. The number of fused-ring (bicyclic) bond motifs is 1. The average molecular weight is 486 g/mol.